The summed E-state index contributed by atoms with van der Waals surface area (Å²) in [6, 6.07) is 16.6. The zero-order valence-electron chi connectivity index (χ0n) is 34.0. The number of hydrogen-bond donors (Lipinski definition) is 1. The Morgan fingerprint density at radius 1 is 0.875 bits per heavy atom. The molecule has 3 amide bonds. The first-order valence-electron chi connectivity index (χ1n) is 19.8. The van der Waals surface area contributed by atoms with Gasteiger partial charge in [0.25, 0.3) is 0 Å². The van der Waals surface area contributed by atoms with E-state index in [1.807, 2.05) is 65.0 Å². The van der Waals surface area contributed by atoms with Crippen LogP contribution < -0.4 is 5.32 Å². The Bertz CT molecular complexity index is 1720. The largest absolute Gasteiger partial charge is 0.347 e. The summed E-state index contributed by atoms with van der Waals surface area (Å²) >= 11 is 3.55. The number of Topliss-reactive ketones (excluding diaryl/α,β-unsaturated/α-hetero) is 4. The van der Waals surface area contributed by atoms with Crippen molar-refractivity contribution < 1.29 is 33.6 Å². The topological polar surface area (TPSA) is 138 Å². The van der Waals surface area contributed by atoms with E-state index in [0.29, 0.717) is 31.4 Å². The van der Waals surface area contributed by atoms with Gasteiger partial charge in [0.2, 0.25) is 23.5 Å². The van der Waals surface area contributed by atoms with Crippen molar-refractivity contribution in [3.63, 3.8) is 0 Å². The van der Waals surface area contributed by atoms with Crippen LogP contribution in [0.25, 0.3) is 0 Å². The molecular formula is C44H59N3O7S2. The van der Waals surface area contributed by atoms with Gasteiger partial charge in [-0.25, -0.2) is 0 Å². The molecule has 1 unspecified atom stereocenters. The highest BCUT2D eigenvalue weighted by Gasteiger charge is 2.52. The molecule has 0 aliphatic carbocycles. The Morgan fingerprint density at radius 3 is 2.02 bits per heavy atom. The van der Waals surface area contributed by atoms with Gasteiger partial charge in [-0.1, -0.05) is 102 Å². The molecule has 4 rings (SSSR count). The van der Waals surface area contributed by atoms with Gasteiger partial charge in [0.05, 0.1) is 10.1 Å². The third-order valence-electron chi connectivity index (χ3n) is 10.9. The van der Waals surface area contributed by atoms with Crippen LogP contribution in [0.4, 0.5) is 0 Å². The Labute approximate surface area is 341 Å². The molecule has 12 heteroatoms. The minimum Gasteiger partial charge on any atom is -0.347 e. The van der Waals surface area contributed by atoms with Crippen LogP contribution in [0.1, 0.15) is 109 Å². The first-order valence-corrected chi connectivity index (χ1v) is 21.8. The number of ketones is 4. The fraction of sp³-hybridized carbons (Fsp3) is 0.568. The Morgan fingerprint density at radius 2 is 1.46 bits per heavy atom. The highest BCUT2D eigenvalue weighted by Crippen LogP contribution is 2.51. The predicted octanol–water partition coefficient (Wildman–Crippen LogP) is 6.82. The van der Waals surface area contributed by atoms with Crippen molar-refractivity contribution >= 4 is 64.4 Å². The summed E-state index contributed by atoms with van der Waals surface area (Å²) in [5, 5.41) is 2.71. The van der Waals surface area contributed by atoms with Crippen LogP contribution in [0.3, 0.4) is 0 Å². The number of hydrogen-bond acceptors (Lipinski definition) is 9. The van der Waals surface area contributed by atoms with E-state index in [1.54, 1.807) is 72.9 Å². The quantitative estimate of drug-likeness (QED) is 0.161. The van der Waals surface area contributed by atoms with Crippen molar-refractivity contribution in [1.82, 2.24) is 15.1 Å². The van der Waals surface area contributed by atoms with Gasteiger partial charge in [0.1, 0.15) is 11.8 Å². The molecule has 1 spiro atoms. The van der Waals surface area contributed by atoms with Crippen molar-refractivity contribution in [2.45, 2.75) is 108 Å². The van der Waals surface area contributed by atoms with E-state index in [1.165, 1.54) is 4.90 Å². The number of carbonyl (C=O) groups excluding carboxylic acids is 7. The van der Waals surface area contributed by atoms with Crippen LogP contribution in [0.5, 0.6) is 0 Å². The van der Waals surface area contributed by atoms with Crippen LogP contribution in [0, 0.1) is 17.3 Å². The molecule has 0 aromatic heterocycles. The average Bonchev–Trinajstić information content (AvgIpc) is 3.55. The maximum absolute atomic E-state index is 14.7. The molecule has 56 heavy (non-hydrogen) atoms. The minimum atomic E-state index is -0.945. The summed E-state index contributed by atoms with van der Waals surface area (Å²) in [7, 11) is 3.18. The van der Waals surface area contributed by atoms with Gasteiger partial charge in [-0.2, -0.15) is 0 Å². The third-order valence-corrected chi connectivity index (χ3v) is 14.3. The lowest BCUT2D eigenvalue weighted by Gasteiger charge is -2.36. The van der Waals surface area contributed by atoms with Gasteiger partial charge in [-0.15, -0.1) is 23.5 Å². The van der Waals surface area contributed by atoms with Crippen molar-refractivity contribution in [2.75, 3.05) is 32.1 Å². The summed E-state index contributed by atoms with van der Waals surface area (Å²) in [5.74, 6) is -2.95. The number of nitrogens with zero attached hydrogens (tertiary/aromatic N) is 2. The number of thioether (sulfide) groups is 2. The minimum absolute atomic E-state index is 0.0386. The van der Waals surface area contributed by atoms with E-state index in [2.05, 4.69) is 5.32 Å². The number of benzene rings is 2. The molecule has 1 N–H and O–H groups in total. The molecule has 304 valence electrons. The van der Waals surface area contributed by atoms with Gasteiger partial charge in [0, 0.05) is 70.5 Å². The second-order valence-electron chi connectivity index (χ2n) is 16.5. The lowest BCUT2D eigenvalue weighted by molar-refractivity contribution is -0.146. The molecule has 2 fully saturated rings. The first kappa shape index (κ1) is 44.9. The van der Waals surface area contributed by atoms with Crippen molar-refractivity contribution in [1.29, 1.82) is 0 Å². The lowest BCUT2D eigenvalue weighted by Crippen LogP contribution is -2.48. The van der Waals surface area contributed by atoms with Gasteiger partial charge in [0.15, 0.2) is 11.6 Å². The summed E-state index contributed by atoms with van der Waals surface area (Å²) in [6.07, 6.45) is 1.53. The first-order chi connectivity index (χ1) is 26.5. The normalized spacial score (nSPS) is 18.7. The van der Waals surface area contributed by atoms with Crippen molar-refractivity contribution in [3.05, 3.63) is 71.8 Å². The molecule has 2 aromatic carbocycles. The van der Waals surface area contributed by atoms with E-state index in [0.717, 1.165) is 23.5 Å². The van der Waals surface area contributed by atoms with Gasteiger partial charge in [-0.05, 0) is 40.9 Å². The van der Waals surface area contributed by atoms with E-state index in [9.17, 15) is 33.6 Å². The Balaban J connectivity index is 1.49. The zero-order chi connectivity index (χ0) is 41.2. The average molecular weight is 806 g/mol. The van der Waals surface area contributed by atoms with Gasteiger partial charge in [-0.3, -0.25) is 33.6 Å². The molecule has 0 radical (unpaired) electrons. The number of nitrogens with one attached hydrogen (secondary N) is 1. The number of amides is 3. The number of likely N-dealkylation sites (N-methyl/N-ethyl adjacent to an activating group) is 1. The summed E-state index contributed by atoms with van der Waals surface area (Å²) in [6.45, 7) is 9.96. The van der Waals surface area contributed by atoms with Crippen LogP contribution in [-0.2, 0) is 33.6 Å². The number of carbonyl (C=O) groups is 7. The SMILES string of the molecule is CCCC(CC(=O)[C@@H]1CC2(CN1C(=O)[C@@H](CC(=O)[C@@H](C)c1ccccc1)C(C)(C)C)SCCCS2)C(=O)C(=O)CCC(=O)N[C@H](C(=O)N(C)C)c1ccccc1. The second kappa shape index (κ2) is 20.1. The smallest absolute Gasteiger partial charge is 0.249 e. The van der Waals surface area contributed by atoms with Gasteiger partial charge >= 0.3 is 0 Å². The van der Waals surface area contributed by atoms with Crippen molar-refractivity contribution in [2.24, 2.45) is 17.3 Å². The highest BCUT2D eigenvalue weighted by atomic mass is 32.2. The third kappa shape index (κ3) is 11.6. The van der Waals surface area contributed by atoms with Crippen LogP contribution in [-0.4, -0.2) is 92.9 Å². The molecule has 2 aliphatic rings. The highest BCUT2D eigenvalue weighted by molar-refractivity contribution is 8.18. The molecule has 2 aliphatic heterocycles. The summed E-state index contributed by atoms with van der Waals surface area (Å²) < 4.78 is -0.364. The summed E-state index contributed by atoms with van der Waals surface area (Å²) in [5.41, 5.74) is 0.912. The number of rotatable bonds is 18. The molecule has 10 nitrogen and oxygen atoms in total. The number of likely N-dealkylation sites (tertiary alicyclic amines) is 1. The fourth-order valence-electron chi connectivity index (χ4n) is 7.51. The van der Waals surface area contributed by atoms with E-state index >= 15 is 0 Å². The van der Waals surface area contributed by atoms with Crippen LogP contribution >= 0.6 is 23.5 Å². The van der Waals surface area contributed by atoms with Crippen molar-refractivity contribution in [3.8, 4) is 0 Å². The summed E-state index contributed by atoms with van der Waals surface area (Å²) in [4.78, 5) is 98.7. The Kier molecular flexibility index (Phi) is 16.1. The van der Waals surface area contributed by atoms with Gasteiger partial charge < -0.3 is 15.1 Å². The van der Waals surface area contributed by atoms with Crippen LogP contribution in [0.2, 0.25) is 0 Å². The van der Waals surface area contributed by atoms with E-state index in [-0.39, 0.29) is 53.1 Å². The fourth-order valence-corrected chi connectivity index (χ4v) is 10.9. The predicted molar refractivity (Wildman–Crippen MR) is 223 cm³/mol. The monoisotopic (exact) mass is 805 g/mol. The van der Waals surface area contributed by atoms with E-state index < -0.39 is 52.7 Å². The lowest BCUT2D eigenvalue weighted by atomic mass is 9.75. The molecule has 5 atom stereocenters. The molecular weight excluding hydrogens is 747 g/mol. The molecule has 0 saturated carbocycles. The maximum Gasteiger partial charge on any atom is 0.249 e. The van der Waals surface area contributed by atoms with Crippen LogP contribution in [0.15, 0.2) is 60.7 Å². The zero-order valence-corrected chi connectivity index (χ0v) is 35.6. The molecule has 0 bridgehead atoms. The molecule has 2 aromatic rings. The standard InChI is InChI=1S/C44H59N3O7S2/c1-8-16-32(40(52)35(48)21-22-38(51)45-39(42(54)46(6)7)31-19-13-10-14-20-31)25-37(50)34-27-44(55-23-15-24-56-44)28-47(34)41(53)33(43(3,4)5)26-36(49)29(2)30-17-11-9-12-18-30/h9-14,17-20,29,32-34,39H,8,15-16,21-28H2,1-7H3,(H,45,51)/t29-,32?,33+,34-,39-/m0/s1. The second-order valence-corrected chi connectivity index (χ2v) is 19.7. The van der Waals surface area contributed by atoms with E-state index in [4.69, 9.17) is 0 Å². The Hall–Kier alpha value is -3.77. The molecule has 2 heterocycles. The molecule has 2 saturated heterocycles. The maximum atomic E-state index is 14.7.